The topological polar surface area (TPSA) is 195 Å². The number of nitrogens with zero attached hydrogens (tertiary/aromatic N) is 4. The number of carbonyl (C=O) groups excluding carboxylic acids is 2. The lowest BCUT2D eigenvalue weighted by Gasteiger charge is -2.48. The Labute approximate surface area is 316 Å². The number of aliphatic hydroxyl groups is 1. The highest BCUT2D eigenvalue weighted by atomic mass is 19.4. The van der Waals surface area contributed by atoms with Crippen LogP contribution in [-0.4, -0.2) is 91.3 Å². The van der Waals surface area contributed by atoms with Gasteiger partial charge in [-0.2, -0.15) is 30.7 Å². The van der Waals surface area contributed by atoms with Crippen LogP contribution in [-0.2, 0) is 38.1 Å². The predicted octanol–water partition coefficient (Wildman–Crippen LogP) is 5.17. The van der Waals surface area contributed by atoms with E-state index in [1.807, 2.05) is 0 Å². The number of rotatable bonds is 13. The summed E-state index contributed by atoms with van der Waals surface area (Å²) in [6.45, 7) is -1.70. The number of likely N-dealkylation sites (N-methyl/N-ethyl adjacent to an activating group) is 1. The fraction of sp³-hybridized carbons (Fsp3) is 0.371. The Bertz CT molecular complexity index is 2090. The second-order valence-corrected chi connectivity index (χ2v) is 13.0. The van der Waals surface area contributed by atoms with Crippen molar-refractivity contribution in [1.82, 2.24) is 25.3 Å². The molecule has 5 rings (SSSR count). The van der Waals surface area contributed by atoms with Crippen molar-refractivity contribution in [3.8, 4) is 17.0 Å². The molecule has 1 fully saturated rings. The number of aliphatic hydroxyl groups excluding tert-OH is 1. The largest absolute Gasteiger partial charge is 0.509 e. The van der Waals surface area contributed by atoms with Crippen LogP contribution in [0.15, 0.2) is 54.1 Å². The summed E-state index contributed by atoms with van der Waals surface area (Å²) in [6, 6.07) is 4.13. The molecule has 0 radical (unpaired) electrons. The lowest BCUT2D eigenvalue weighted by atomic mass is 9.88. The minimum absolute atomic E-state index is 0.155. The van der Waals surface area contributed by atoms with Crippen LogP contribution >= 0.6 is 0 Å². The Morgan fingerprint density at radius 2 is 1.61 bits per heavy atom. The Kier molecular flexibility index (Phi) is 12.1. The highest BCUT2D eigenvalue weighted by Gasteiger charge is 2.53. The maximum absolute atomic E-state index is 15.5. The van der Waals surface area contributed by atoms with Crippen molar-refractivity contribution < 1.29 is 74.4 Å². The van der Waals surface area contributed by atoms with Crippen LogP contribution in [0, 0.1) is 17.6 Å². The highest BCUT2D eigenvalue weighted by molar-refractivity contribution is 6.24. The molecule has 306 valence electrons. The number of hydrazine groups is 1. The molecule has 1 aliphatic heterocycles. The molecule has 2 aromatic carbocycles. The van der Waals surface area contributed by atoms with Crippen molar-refractivity contribution in [2.24, 2.45) is 5.92 Å². The summed E-state index contributed by atoms with van der Waals surface area (Å²) in [4.78, 5) is 56.7. The third-order valence-corrected chi connectivity index (χ3v) is 9.52. The van der Waals surface area contributed by atoms with Gasteiger partial charge in [0.15, 0.2) is 17.5 Å². The summed E-state index contributed by atoms with van der Waals surface area (Å²) in [6.07, 6.45) is -8.24. The van der Waals surface area contributed by atoms with Crippen LogP contribution in [0.25, 0.3) is 11.3 Å². The number of halogens is 8. The first-order chi connectivity index (χ1) is 26.7. The molecule has 0 bridgehead atoms. The minimum atomic E-state index is -5.02. The molecule has 1 saturated carbocycles. The van der Waals surface area contributed by atoms with Crippen LogP contribution in [0.1, 0.15) is 42.5 Å². The normalized spacial score (nSPS) is 16.1. The monoisotopic (exact) mass is 816 g/mol. The molecule has 1 spiro atoms. The molecule has 14 nitrogen and oxygen atoms in total. The quantitative estimate of drug-likeness (QED) is 0.0659. The van der Waals surface area contributed by atoms with E-state index in [9.17, 15) is 50.6 Å². The van der Waals surface area contributed by atoms with Crippen LogP contribution in [0.3, 0.4) is 0 Å². The van der Waals surface area contributed by atoms with Crippen molar-refractivity contribution in [2.45, 2.75) is 50.1 Å². The number of hydrogen-bond acceptors (Lipinski definition) is 10. The van der Waals surface area contributed by atoms with E-state index in [1.54, 1.807) is 0 Å². The van der Waals surface area contributed by atoms with Gasteiger partial charge < -0.3 is 30.7 Å². The van der Waals surface area contributed by atoms with E-state index in [-0.39, 0.29) is 26.0 Å². The Morgan fingerprint density at radius 1 is 0.947 bits per heavy atom. The first-order valence-corrected chi connectivity index (χ1v) is 16.8. The minimum Gasteiger partial charge on any atom is -0.509 e. The molecule has 0 atom stereocenters. The van der Waals surface area contributed by atoms with E-state index < -0.39 is 123 Å². The van der Waals surface area contributed by atoms with E-state index >= 15 is 8.78 Å². The smallest absolute Gasteiger partial charge is 0.433 e. The second-order valence-electron chi connectivity index (χ2n) is 13.0. The lowest BCUT2D eigenvalue weighted by molar-refractivity contribution is -0.163. The van der Waals surface area contributed by atoms with Gasteiger partial charge in [0.25, 0.3) is 11.8 Å². The number of nitrogens with one attached hydrogen (secondary N) is 2. The van der Waals surface area contributed by atoms with Gasteiger partial charge in [-0.05, 0) is 43.2 Å². The maximum Gasteiger partial charge on any atom is 0.433 e. The molecule has 2 amide bonds. The Balaban J connectivity index is 1.42. The summed E-state index contributed by atoms with van der Waals surface area (Å²) in [7, 11) is 1.37. The molecule has 3 aromatic rings. The highest BCUT2D eigenvalue weighted by Crippen LogP contribution is 2.45. The fourth-order valence-electron chi connectivity index (χ4n) is 6.50. The SMILES string of the molecule is CN1N(Cc2ccc(OCCNCC(C(=O)O)C(=O)O)c(F)c2F)C(=O)C(C(=O)Nc2ccc(C(F)(F)F)cc2-c2cc(C(F)(F)F)ncn2)=C(O)C12CCCC2. The summed E-state index contributed by atoms with van der Waals surface area (Å²) < 4.78 is 117. The molecular weight excluding hydrogens is 784 g/mol. The number of benzene rings is 2. The third-order valence-electron chi connectivity index (χ3n) is 9.52. The second kappa shape index (κ2) is 16.3. The summed E-state index contributed by atoms with van der Waals surface area (Å²) in [5, 5.41) is 36.2. The van der Waals surface area contributed by atoms with E-state index in [0.717, 1.165) is 23.2 Å². The molecule has 2 aliphatic rings. The van der Waals surface area contributed by atoms with E-state index in [0.29, 0.717) is 37.4 Å². The number of aliphatic carboxylic acids is 2. The zero-order valence-electron chi connectivity index (χ0n) is 29.5. The van der Waals surface area contributed by atoms with E-state index in [2.05, 4.69) is 20.6 Å². The van der Waals surface area contributed by atoms with Crippen molar-refractivity contribution in [3.63, 3.8) is 0 Å². The molecule has 57 heavy (non-hydrogen) atoms. The summed E-state index contributed by atoms with van der Waals surface area (Å²) >= 11 is 0. The molecule has 0 saturated heterocycles. The molecule has 1 aliphatic carbocycles. The third kappa shape index (κ3) is 8.75. The fourth-order valence-corrected chi connectivity index (χ4v) is 6.50. The van der Waals surface area contributed by atoms with Crippen LogP contribution in [0.5, 0.6) is 5.75 Å². The Hall–Kier alpha value is -5.90. The van der Waals surface area contributed by atoms with Gasteiger partial charge in [-0.15, -0.1) is 0 Å². The van der Waals surface area contributed by atoms with Crippen molar-refractivity contribution in [3.05, 3.63) is 82.5 Å². The first-order valence-electron chi connectivity index (χ1n) is 16.8. The standard InChI is InChI=1S/C35H32F8N6O8/c1-48-33(8-2-3-9-33)28(50)25(29(51)47-21-6-5-18(34(38,39)40)12-19(21)22-13-24(35(41,42)43)46-16-45-22)30(52)49(48)15-17-4-7-23(27(37)26(17)36)57-11-10-44-14-20(31(53)54)32(55)56/h4-7,12-13,16,20,44,50H,2-3,8-11,14-15H2,1H3,(H,47,51)(H,53,54)(H,55,56). The number of ether oxygens (including phenoxy) is 1. The molecule has 2 heterocycles. The first kappa shape index (κ1) is 42.2. The van der Waals surface area contributed by atoms with Gasteiger partial charge in [0.05, 0.1) is 29.0 Å². The van der Waals surface area contributed by atoms with Crippen LogP contribution < -0.4 is 15.4 Å². The molecular formula is C35H32F8N6O8. The molecule has 5 N–H and O–H groups in total. The zero-order chi connectivity index (χ0) is 42.0. The number of hydrogen-bond donors (Lipinski definition) is 5. The van der Waals surface area contributed by atoms with Crippen molar-refractivity contribution in [2.75, 3.05) is 32.1 Å². The van der Waals surface area contributed by atoms with Gasteiger partial charge in [-0.25, -0.2) is 19.4 Å². The number of carbonyl (C=O) groups is 4. The summed E-state index contributed by atoms with van der Waals surface area (Å²) in [5.74, 6) is -11.8. The van der Waals surface area contributed by atoms with Crippen LogP contribution in [0.2, 0.25) is 0 Å². The van der Waals surface area contributed by atoms with Gasteiger partial charge in [0, 0.05) is 31.3 Å². The van der Waals surface area contributed by atoms with Crippen LogP contribution in [0.4, 0.5) is 40.8 Å². The molecule has 1 aromatic heterocycles. The zero-order valence-corrected chi connectivity index (χ0v) is 29.5. The number of aromatic nitrogens is 2. The number of amides is 2. The van der Waals surface area contributed by atoms with Crippen molar-refractivity contribution >= 4 is 29.4 Å². The van der Waals surface area contributed by atoms with Gasteiger partial charge >= 0.3 is 24.3 Å². The van der Waals surface area contributed by atoms with E-state index in [4.69, 9.17) is 14.9 Å². The van der Waals surface area contributed by atoms with Gasteiger partial charge in [-0.3, -0.25) is 24.2 Å². The Morgan fingerprint density at radius 3 is 2.23 bits per heavy atom. The van der Waals surface area contributed by atoms with Gasteiger partial charge in [0.2, 0.25) is 5.82 Å². The number of carboxylic acids is 2. The average molecular weight is 817 g/mol. The molecule has 22 heteroatoms. The number of carboxylic acid groups (broad SMARTS) is 2. The lowest BCUT2D eigenvalue weighted by Crippen LogP contribution is -2.62. The predicted molar refractivity (Wildman–Crippen MR) is 179 cm³/mol. The number of alkyl halides is 6. The van der Waals surface area contributed by atoms with Crippen molar-refractivity contribution in [1.29, 1.82) is 0 Å². The molecule has 0 unspecified atom stereocenters. The van der Waals surface area contributed by atoms with Gasteiger partial charge in [0.1, 0.15) is 30.0 Å². The summed E-state index contributed by atoms with van der Waals surface area (Å²) in [5.41, 5.74) is -7.43. The van der Waals surface area contributed by atoms with E-state index in [1.165, 1.54) is 12.1 Å². The number of anilines is 1. The maximum atomic E-state index is 15.5. The average Bonchev–Trinajstić information content (AvgIpc) is 3.64. The van der Waals surface area contributed by atoms with Gasteiger partial charge in [-0.1, -0.05) is 18.9 Å².